The van der Waals surface area contributed by atoms with Crippen LogP contribution in [0.25, 0.3) is 0 Å². The van der Waals surface area contributed by atoms with Crippen molar-refractivity contribution in [3.05, 3.63) is 35.9 Å². The smallest absolute Gasteiger partial charge is 0.331 e. The first kappa shape index (κ1) is 16.0. The van der Waals surface area contributed by atoms with Crippen molar-refractivity contribution >= 4 is 11.7 Å². The van der Waals surface area contributed by atoms with E-state index >= 15 is 0 Å². The van der Waals surface area contributed by atoms with Gasteiger partial charge < -0.3 is 21.1 Å². The lowest BCUT2D eigenvalue weighted by Crippen LogP contribution is -2.04. The van der Waals surface area contributed by atoms with Gasteiger partial charge in [0.05, 0.1) is 11.8 Å². The summed E-state index contributed by atoms with van der Waals surface area (Å²) in [6.45, 7) is 3.25. The fourth-order valence-electron chi connectivity index (χ4n) is 0.965. The number of carboxylic acid groups (broad SMARTS) is 1. The van der Waals surface area contributed by atoms with Gasteiger partial charge in [-0.1, -0.05) is 19.1 Å². The summed E-state index contributed by atoms with van der Waals surface area (Å²) < 4.78 is 0. The number of benzene rings is 1. The van der Waals surface area contributed by atoms with Crippen LogP contribution in [0.3, 0.4) is 0 Å². The normalized spacial score (nSPS) is 12.3. The number of hydrogen-bond acceptors (Lipinski definition) is 4. The first-order valence-corrected chi connectivity index (χ1v) is 5.51. The van der Waals surface area contributed by atoms with E-state index in [2.05, 4.69) is 0 Å². The molecule has 5 nitrogen and oxygen atoms in total. The third kappa shape index (κ3) is 6.55. The van der Waals surface area contributed by atoms with Gasteiger partial charge in [-0.25, -0.2) is 4.79 Å². The molecule has 0 aliphatic rings. The minimum atomic E-state index is -0.979. The number of carbonyl (C=O) groups is 1. The number of aliphatic carboxylic acids is 1. The number of aliphatic hydroxyl groups excluding tert-OH is 1. The summed E-state index contributed by atoms with van der Waals surface area (Å²) in [6, 6.07) is 6.70. The zero-order chi connectivity index (χ0) is 14.1. The predicted octanol–water partition coefficient (Wildman–Crippen LogP) is 1.76. The minimum absolute atomic E-state index is 0.146. The number of phenolic OH excluding ortho intramolecular Hbond substituents is 1. The molecule has 0 heterocycles. The van der Waals surface area contributed by atoms with Crippen LogP contribution in [0.15, 0.2) is 35.9 Å². The van der Waals surface area contributed by atoms with Crippen molar-refractivity contribution in [3.8, 4) is 5.75 Å². The number of carboxylic acids is 1. The fourth-order valence-corrected chi connectivity index (χ4v) is 0.965. The van der Waals surface area contributed by atoms with Gasteiger partial charge in [0.15, 0.2) is 0 Å². The van der Waals surface area contributed by atoms with E-state index in [0.29, 0.717) is 12.1 Å². The Labute approximate surface area is 106 Å². The van der Waals surface area contributed by atoms with Gasteiger partial charge in [0.2, 0.25) is 0 Å². The van der Waals surface area contributed by atoms with Crippen LogP contribution in [-0.2, 0) is 4.79 Å². The van der Waals surface area contributed by atoms with E-state index in [9.17, 15) is 4.79 Å². The molecule has 0 aromatic heterocycles. The number of hydrogen-bond donors (Lipinski definition) is 4. The van der Waals surface area contributed by atoms with Gasteiger partial charge in [0.1, 0.15) is 5.75 Å². The second-order valence-corrected chi connectivity index (χ2v) is 3.69. The first-order valence-electron chi connectivity index (χ1n) is 5.51. The van der Waals surface area contributed by atoms with Crippen molar-refractivity contribution in [2.45, 2.75) is 26.4 Å². The van der Waals surface area contributed by atoms with Crippen molar-refractivity contribution in [1.82, 2.24) is 0 Å². The van der Waals surface area contributed by atoms with Crippen LogP contribution in [0.4, 0.5) is 5.69 Å². The summed E-state index contributed by atoms with van der Waals surface area (Å²) in [6.07, 6.45) is 1.25. The molecule has 0 spiro atoms. The lowest BCUT2D eigenvalue weighted by atomic mass is 10.2. The minimum Gasteiger partial charge on any atom is -0.506 e. The highest BCUT2D eigenvalue weighted by atomic mass is 16.4. The summed E-state index contributed by atoms with van der Waals surface area (Å²) in [4.78, 5) is 10.2. The molecule has 5 heteroatoms. The molecule has 0 amide bonds. The van der Waals surface area contributed by atoms with Gasteiger partial charge >= 0.3 is 5.97 Å². The van der Waals surface area contributed by atoms with Gasteiger partial charge in [-0.2, -0.15) is 0 Å². The van der Waals surface area contributed by atoms with Gasteiger partial charge in [-0.05, 0) is 31.6 Å². The van der Waals surface area contributed by atoms with Crippen molar-refractivity contribution in [3.63, 3.8) is 0 Å². The Morgan fingerprint density at radius 1 is 1.44 bits per heavy atom. The van der Waals surface area contributed by atoms with Gasteiger partial charge in [0.25, 0.3) is 0 Å². The van der Waals surface area contributed by atoms with Gasteiger partial charge in [-0.3, -0.25) is 0 Å². The molecule has 1 aromatic rings. The van der Waals surface area contributed by atoms with Gasteiger partial charge in [0, 0.05) is 5.57 Å². The van der Waals surface area contributed by atoms with Crippen LogP contribution >= 0.6 is 0 Å². The largest absolute Gasteiger partial charge is 0.506 e. The molecule has 0 aliphatic carbocycles. The predicted molar refractivity (Wildman–Crippen MR) is 70.2 cm³/mol. The molecule has 0 aliphatic heterocycles. The van der Waals surface area contributed by atoms with Gasteiger partial charge in [-0.15, -0.1) is 0 Å². The van der Waals surface area contributed by atoms with Crippen LogP contribution in [-0.4, -0.2) is 27.4 Å². The number of rotatable bonds is 3. The van der Waals surface area contributed by atoms with E-state index in [-0.39, 0.29) is 11.3 Å². The van der Waals surface area contributed by atoms with E-state index in [1.165, 1.54) is 13.0 Å². The number of aliphatic hydroxyl groups is 1. The van der Waals surface area contributed by atoms with Crippen LogP contribution < -0.4 is 5.73 Å². The summed E-state index contributed by atoms with van der Waals surface area (Å²) in [5.74, 6) is -0.833. The average Bonchev–Trinajstić information content (AvgIpc) is 2.33. The number of nitrogen functional groups attached to an aromatic ring is 1. The number of anilines is 1. The Balaban J connectivity index is 0.000000327. The Kier molecular flexibility index (Phi) is 7.23. The van der Waals surface area contributed by atoms with Crippen molar-refractivity contribution < 1.29 is 20.1 Å². The lowest BCUT2D eigenvalue weighted by Gasteiger charge is -1.99. The lowest BCUT2D eigenvalue weighted by molar-refractivity contribution is -0.132. The fraction of sp³-hybridized carbons (Fsp3) is 0.308. The number of aromatic hydroxyl groups is 1. The molecule has 0 fully saturated rings. The van der Waals surface area contributed by atoms with Crippen LogP contribution in [0.1, 0.15) is 20.3 Å². The summed E-state index contributed by atoms with van der Waals surface area (Å²) in [7, 11) is 0. The Morgan fingerprint density at radius 3 is 2.33 bits per heavy atom. The molecular weight excluding hydrogens is 234 g/mol. The van der Waals surface area contributed by atoms with Crippen LogP contribution in [0, 0.1) is 0 Å². The molecule has 0 saturated carbocycles. The molecule has 1 atom stereocenters. The molecule has 18 heavy (non-hydrogen) atoms. The third-order valence-electron chi connectivity index (χ3n) is 2.13. The number of nitrogens with two attached hydrogens (primary N) is 1. The molecule has 0 saturated heterocycles. The highest BCUT2D eigenvalue weighted by Gasteiger charge is 2.02. The van der Waals surface area contributed by atoms with E-state index < -0.39 is 12.1 Å². The van der Waals surface area contributed by atoms with Crippen molar-refractivity contribution in [2.75, 3.05) is 5.73 Å². The Hall–Kier alpha value is -2.01. The molecule has 1 aromatic carbocycles. The average molecular weight is 253 g/mol. The number of para-hydroxylation sites is 2. The Morgan fingerprint density at radius 2 is 2.00 bits per heavy atom. The quantitative estimate of drug-likeness (QED) is 0.373. The van der Waals surface area contributed by atoms with E-state index in [4.69, 9.17) is 21.1 Å². The van der Waals surface area contributed by atoms with E-state index in [1.54, 1.807) is 31.2 Å². The molecule has 1 rings (SSSR count). The zero-order valence-corrected chi connectivity index (χ0v) is 10.5. The van der Waals surface area contributed by atoms with E-state index in [1.807, 2.05) is 0 Å². The second-order valence-electron chi connectivity index (χ2n) is 3.69. The number of phenols is 1. The summed E-state index contributed by atoms with van der Waals surface area (Å²) in [5.41, 5.74) is 5.88. The molecule has 0 radical (unpaired) electrons. The monoisotopic (exact) mass is 253 g/mol. The van der Waals surface area contributed by atoms with E-state index in [0.717, 1.165) is 0 Å². The van der Waals surface area contributed by atoms with Crippen LogP contribution in [0.5, 0.6) is 5.75 Å². The first-order chi connectivity index (χ1) is 8.38. The Bertz CT molecular complexity index is 394. The molecular formula is C13H19NO4. The SMILES string of the molecule is CCC(O)C=C(C)C(=O)O.Nc1ccccc1O. The second kappa shape index (κ2) is 8.14. The molecule has 100 valence electrons. The third-order valence-corrected chi connectivity index (χ3v) is 2.13. The molecule has 1 unspecified atom stereocenters. The van der Waals surface area contributed by atoms with Crippen LogP contribution in [0.2, 0.25) is 0 Å². The highest BCUT2D eigenvalue weighted by molar-refractivity contribution is 5.85. The van der Waals surface area contributed by atoms with Crippen molar-refractivity contribution in [1.29, 1.82) is 0 Å². The molecule has 0 bridgehead atoms. The summed E-state index contributed by atoms with van der Waals surface area (Å²) >= 11 is 0. The maximum atomic E-state index is 10.2. The standard InChI is InChI=1S/C7H12O3.C6H7NO/c1-3-6(8)4-5(2)7(9)10;7-5-3-1-2-4-6(5)8/h4,6,8H,3H2,1-2H3,(H,9,10);1-4,8H,7H2. The topological polar surface area (TPSA) is 104 Å². The highest BCUT2D eigenvalue weighted by Crippen LogP contribution is 2.16. The maximum Gasteiger partial charge on any atom is 0.331 e. The summed E-state index contributed by atoms with van der Waals surface area (Å²) in [5, 5.41) is 26.1. The molecule has 5 N–H and O–H groups in total. The zero-order valence-electron chi connectivity index (χ0n) is 10.5. The maximum absolute atomic E-state index is 10.2. The van der Waals surface area contributed by atoms with Crippen molar-refractivity contribution in [2.24, 2.45) is 0 Å².